The molecule has 148 valence electrons. The van der Waals surface area contributed by atoms with Gasteiger partial charge in [0.15, 0.2) is 5.82 Å². The lowest BCUT2D eigenvalue weighted by molar-refractivity contribution is 0.641. The minimum Gasteiger partial charge on any atom is -0.353 e. The van der Waals surface area contributed by atoms with Gasteiger partial charge in [-0.05, 0) is 24.3 Å². The number of hydrogen-bond donors (Lipinski definition) is 0. The molecule has 4 aromatic rings. The molecule has 1 saturated heterocycles. The molecule has 1 aliphatic rings. The third kappa shape index (κ3) is 3.85. The van der Waals surface area contributed by atoms with Crippen molar-refractivity contribution in [3.8, 4) is 22.6 Å². The Hall–Kier alpha value is -3.80. The standard InChI is InChI=1S/C24H22N6/c1-2-7-19(8-3-1)24-27-21(20-9-6-11-25-18-20)17-23(28-24)30-15-13-29(14-16-30)22-10-4-5-12-26-22/h1-12,17-18H,13-16H2. The van der Waals surface area contributed by atoms with Gasteiger partial charge in [0.2, 0.25) is 0 Å². The van der Waals surface area contributed by atoms with E-state index < -0.39 is 0 Å². The molecule has 1 aliphatic heterocycles. The molecule has 1 fully saturated rings. The van der Waals surface area contributed by atoms with Crippen LogP contribution in [0.15, 0.2) is 85.3 Å². The summed E-state index contributed by atoms with van der Waals surface area (Å²) in [5.41, 5.74) is 2.89. The highest BCUT2D eigenvalue weighted by Crippen LogP contribution is 2.26. The van der Waals surface area contributed by atoms with E-state index in [0.717, 1.165) is 60.5 Å². The van der Waals surface area contributed by atoms with Crippen molar-refractivity contribution in [1.29, 1.82) is 0 Å². The van der Waals surface area contributed by atoms with Crippen molar-refractivity contribution >= 4 is 11.6 Å². The second kappa shape index (κ2) is 8.29. The molecular weight excluding hydrogens is 372 g/mol. The fourth-order valence-electron chi connectivity index (χ4n) is 3.68. The summed E-state index contributed by atoms with van der Waals surface area (Å²) in [6.07, 6.45) is 5.47. The number of piperazine rings is 1. The van der Waals surface area contributed by atoms with E-state index in [2.05, 4.69) is 31.9 Å². The summed E-state index contributed by atoms with van der Waals surface area (Å²) < 4.78 is 0. The van der Waals surface area contributed by atoms with Gasteiger partial charge in [-0.1, -0.05) is 36.4 Å². The van der Waals surface area contributed by atoms with Crippen LogP contribution < -0.4 is 9.80 Å². The topological polar surface area (TPSA) is 58.0 Å². The highest BCUT2D eigenvalue weighted by atomic mass is 15.3. The Balaban J connectivity index is 1.46. The van der Waals surface area contributed by atoms with Crippen LogP contribution in [-0.2, 0) is 0 Å². The molecule has 0 unspecified atom stereocenters. The number of benzene rings is 1. The van der Waals surface area contributed by atoms with Crippen LogP contribution in [0.2, 0.25) is 0 Å². The summed E-state index contributed by atoms with van der Waals surface area (Å²) in [4.78, 5) is 23.1. The molecule has 6 nitrogen and oxygen atoms in total. The summed E-state index contributed by atoms with van der Waals surface area (Å²) in [5, 5.41) is 0. The van der Waals surface area contributed by atoms with Crippen molar-refractivity contribution in [2.45, 2.75) is 0 Å². The Morgan fingerprint density at radius 3 is 2.07 bits per heavy atom. The zero-order valence-electron chi connectivity index (χ0n) is 16.6. The molecule has 5 rings (SSSR count). The molecular formula is C24H22N6. The number of rotatable bonds is 4. The monoisotopic (exact) mass is 394 g/mol. The molecule has 0 bridgehead atoms. The van der Waals surface area contributed by atoms with Gasteiger partial charge >= 0.3 is 0 Å². The molecule has 0 atom stereocenters. The molecule has 0 spiro atoms. The second-order valence-corrected chi connectivity index (χ2v) is 7.20. The summed E-state index contributed by atoms with van der Waals surface area (Å²) >= 11 is 0. The van der Waals surface area contributed by atoms with E-state index >= 15 is 0 Å². The summed E-state index contributed by atoms with van der Waals surface area (Å²) in [6.45, 7) is 3.58. The first kappa shape index (κ1) is 18.2. The molecule has 0 amide bonds. The van der Waals surface area contributed by atoms with Crippen LogP contribution in [0.1, 0.15) is 0 Å². The third-order valence-corrected chi connectivity index (χ3v) is 5.28. The first-order valence-corrected chi connectivity index (χ1v) is 10.1. The van der Waals surface area contributed by atoms with Gasteiger partial charge in [0.1, 0.15) is 11.6 Å². The van der Waals surface area contributed by atoms with Crippen molar-refractivity contribution in [2.75, 3.05) is 36.0 Å². The third-order valence-electron chi connectivity index (χ3n) is 5.28. The highest BCUT2D eigenvalue weighted by molar-refractivity contribution is 5.67. The molecule has 4 heterocycles. The van der Waals surface area contributed by atoms with E-state index in [4.69, 9.17) is 9.97 Å². The fraction of sp³-hybridized carbons (Fsp3) is 0.167. The van der Waals surface area contributed by atoms with Crippen LogP contribution in [0.5, 0.6) is 0 Å². The van der Waals surface area contributed by atoms with E-state index in [9.17, 15) is 0 Å². The Bertz CT molecular complexity index is 1040. The van der Waals surface area contributed by atoms with Crippen LogP contribution in [0.3, 0.4) is 0 Å². The number of nitrogens with zero attached hydrogens (tertiary/aromatic N) is 6. The molecule has 0 saturated carbocycles. The molecule has 0 aliphatic carbocycles. The molecule has 0 N–H and O–H groups in total. The first-order chi connectivity index (χ1) is 14.9. The van der Waals surface area contributed by atoms with Crippen molar-refractivity contribution < 1.29 is 0 Å². The zero-order chi connectivity index (χ0) is 20.2. The van der Waals surface area contributed by atoms with Gasteiger partial charge in [-0.25, -0.2) is 15.0 Å². The van der Waals surface area contributed by atoms with Gasteiger partial charge < -0.3 is 9.80 Å². The van der Waals surface area contributed by atoms with Gasteiger partial charge in [-0.3, -0.25) is 4.98 Å². The Morgan fingerprint density at radius 1 is 0.633 bits per heavy atom. The number of hydrogen-bond acceptors (Lipinski definition) is 6. The molecule has 3 aromatic heterocycles. The quantitative estimate of drug-likeness (QED) is 0.523. The summed E-state index contributed by atoms with van der Waals surface area (Å²) in [7, 11) is 0. The molecule has 6 heteroatoms. The lowest BCUT2D eigenvalue weighted by Crippen LogP contribution is -2.47. The van der Waals surface area contributed by atoms with Crippen LogP contribution >= 0.6 is 0 Å². The zero-order valence-corrected chi connectivity index (χ0v) is 16.6. The molecule has 0 radical (unpaired) electrons. The highest BCUT2D eigenvalue weighted by Gasteiger charge is 2.20. The second-order valence-electron chi connectivity index (χ2n) is 7.20. The largest absolute Gasteiger partial charge is 0.353 e. The lowest BCUT2D eigenvalue weighted by Gasteiger charge is -2.36. The maximum atomic E-state index is 4.91. The smallest absolute Gasteiger partial charge is 0.162 e. The van der Waals surface area contributed by atoms with Crippen molar-refractivity contribution in [2.24, 2.45) is 0 Å². The Morgan fingerprint density at radius 2 is 1.37 bits per heavy atom. The van der Waals surface area contributed by atoms with Crippen LogP contribution in [0.4, 0.5) is 11.6 Å². The minimum absolute atomic E-state index is 0.735. The molecule has 1 aromatic carbocycles. The van der Waals surface area contributed by atoms with Crippen LogP contribution in [0, 0.1) is 0 Å². The van der Waals surface area contributed by atoms with Gasteiger partial charge in [0.05, 0.1) is 5.69 Å². The van der Waals surface area contributed by atoms with E-state index in [1.165, 1.54) is 0 Å². The predicted molar refractivity (Wildman–Crippen MR) is 119 cm³/mol. The van der Waals surface area contributed by atoms with E-state index in [0.29, 0.717) is 0 Å². The van der Waals surface area contributed by atoms with Gasteiger partial charge in [0, 0.05) is 62.0 Å². The van der Waals surface area contributed by atoms with E-state index in [-0.39, 0.29) is 0 Å². The van der Waals surface area contributed by atoms with Gasteiger partial charge in [-0.2, -0.15) is 0 Å². The summed E-state index contributed by atoms with van der Waals surface area (Å²) in [5.74, 6) is 2.71. The first-order valence-electron chi connectivity index (χ1n) is 10.1. The SMILES string of the molecule is c1ccc(-c2nc(-c3cccnc3)cc(N3CCN(c4ccccn4)CC3)n2)cc1. The average Bonchev–Trinajstić information content (AvgIpc) is 2.85. The fourth-order valence-corrected chi connectivity index (χ4v) is 3.68. The maximum Gasteiger partial charge on any atom is 0.162 e. The average molecular weight is 394 g/mol. The lowest BCUT2D eigenvalue weighted by atomic mass is 10.1. The van der Waals surface area contributed by atoms with Crippen molar-refractivity contribution in [1.82, 2.24) is 19.9 Å². The number of anilines is 2. The van der Waals surface area contributed by atoms with Crippen LogP contribution in [0.25, 0.3) is 22.6 Å². The maximum absolute atomic E-state index is 4.91. The van der Waals surface area contributed by atoms with Crippen LogP contribution in [-0.4, -0.2) is 46.1 Å². The Labute approximate surface area is 175 Å². The van der Waals surface area contributed by atoms with Crippen molar-refractivity contribution in [3.63, 3.8) is 0 Å². The van der Waals surface area contributed by atoms with E-state index in [1.807, 2.05) is 67.0 Å². The predicted octanol–water partition coefficient (Wildman–Crippen LogP) is 3.93. The number of aromatic nitrogens is 4. The van der Waals surface area contributed by atoms with E-state index in [1.54, 1.807) is 6.20 Å². The van der Waals surface area contributed by atoms with Crippen molar-refractivity contribution in [3.05, 3.63) is 85.3 Å². The molecule has 30 heavy (non-hydrogen) atoms. The normalized spacial score (nSPS) is 14.0. The minimum atomic E-state index is 0.735. The number of pyridine rings is 2. The van der Waals surface area contributed by atoms with Gasteiger partial charge in [0.25, 0.3) is 0 Å². The summed E-state index contributed by atoms with van der Waals surface area (Å²) in [6, 6.07) is 22.2. The van der Waals surface area contributed by atoms with Gasteiger partial charge in [-0.15, -0.1) is 0 Å². The Kier molecular flexibility index (Phi) is 5.04.